The van der Waals surface area contributed by atoms with Crippen molar-refractivity contribution >= 4 is 5.97 Å². The summed E-state index contributed by atoms with van der Waals surface area (Å²) in [6, 6.07) is 11.7. The van der Waals surface area contributed by atoms with Crippen molar-refractivity contribution in [2.24, 2.45) is 0 Å². The van der Waals surface area contributed by atoms with Crippen molar-refractivity contribution in [1.82, 2.24) is 4.57 Å². The number of esters is 1. The van der Waals surface area contributed by atoms with Crippen molar-refractivity contribution in [2.75, 3.05) is 6.61 Å². The van der Waals surface area contributed by atoms with Gasteiger partial charge in [-0.15, -0.1) is 0 Å². The summed E-state index contributed by atoms with van der Waals surface area (Å²) in [7, 11) is 0. The number of aromatic nitrogens is 1. The summed E-state index contributed by atoms with van der Waals surface area (Å²) in [6.07, 6.45) is 0. The summed E-state index contributed by atoms with van der Waals surface area (Å²) in [5.41, 5.74) is 4.46. The quantitative estimate of drug-likeness (QED) is 0.804. The van der Waals surface area contributed by atoms with Crippen LogP contribution < -0.4 is 0 Å². The number of hydrogen-bond acceptors (Lipinski definition) is 3. The summed E-state index contributed by atoms with van der Waals surface area (Å²) >= 11 is 0. The first-order valence-electron chi connectivity index (χ1n) is 6.34. The molecule has 4 heteroatoms. The number of carbonyl (C=O) groups excluding carboxylic acids is 1. The lowest BCUT2D eigenvalue weighted by molar-refractivity contribution is 0.0554. The Kier molecular flexibility index (Phi) is 3.90. The molecular weight excluding hydrogens is 252 g/mol. The molecule has 0 aliphatic heterocycles. The molecule has 0 radical (unpaired) electrons. The maximum Gasteiger partial charge on any atom is 0.341 e. The predicted molar refractivity (Wildman–Crippen MR) is 75.9 cm³/mol. The van der Waals surface area contributed by atoms with E-state index in [1.165, 1.54) is 5.56 Å². The molecule has 1 heterocycles. The summed E-state index contributed by atoms with van der Waals surface area (Å²) in [4.78, 5) is 11.9. The zero-order valence-electron chi connectivity index (χ0n) is 11.8. The number of carbonyl (C=O) groups is 1. The number of hydrogen-bond donors (Lipinski definition) is 0. The zero-order chi connectivity index (χ0) is 14.7. The molecule has 0 aliphatic carbocycles. The van der Waals surface area contributed by atoms with Gasteiger partial charge in [0.2, 0.25) is 0 Å². The maximum absolute atomic E-state index is 11.9. The van der Waals surface area contributed by atoms with Crippen LogP contribution in [-0.4, -0.2) is 17.1 Å². The molecule has 0 atom stereocenters. The van der Waals surface area contributed by atoms with E-state index in [-0.39, 0.29) is 6.61 Å². The van der Waals surface area contributed by atoms with E-state index in [1.54, 1.807) is 12.1 Å². The number of aryl methyl sites for hydroxylation is 2. The van der Waals surface area contributed by atoms with Gasteiger partial charge >= 0.3 is 5.97 Å². The molecule has 102 valence electrons. The highest BCUT2D eigenvalue weighted by molar-refractivity contribution is 5.91. The Hall–Kier alpha value is -2.54. The fourth-order valence-electron chi connectivity index (χ4n) is 2.24. The summed E-state index contributed by atoms with van der Waals surface area (Å²) in [5.74, 6) is -0.460. The third-order valence-electron chi connectivity index (χ3n) is 3.21. The lowest BCUT2D eigenvalue weighted by Crippen LogP contribution is -2.07. The van der Waals surface area contributed by atoms with Gasteiger partial charge in [-0.1, -0.05) is 17.7 Å². The Balaban J connectivity index is 2.41. The Bertz CT molecular complexity index is 676. The highest BCUT2D eigenvalue weighted by Gasteiger charge is 2.17. The Morgan fingerprint density at radius 3 is 2.50 bits per heavy atom. The summed E-state index contributed by atoms with van der Waals surface area (Å²) in [6.45, 7) is 5.61. The number of ether oxygens (including phenoxy) is 1. The van der Waals surface area contributed by atoms with E-state index < -0.39 is 5.97 Å². The van der Waals surface area contributed by atoms with Crippen LogP contribution in [0.4, 0.5) is 0 Å². The average Bonchev–Trinajstić information content (AvgIpc) is 2.73. The van der Waals surface area contributed by atoms with E-state index in [4.69, 9.17) is 10.00 Å². The minimum absolute atomic E-state index is 0.229. The van der Waals surface area contributed by atoms with Crippen LogP contribution in [0.5, 0.6) is 0 Å². The van der Waals surface area contributed by atoms with Crippen molar-refractivity contribution in [3.8, 4) is 11.8 Å². The highest BCUT2D eigenvalue weighted by Crippen LogP contribution is 2.21. The smallest absolute Gasteiger partial charge is 0.341 e. The number of benzene rings is 1. The molecule has 20 heavy (non-hydrogen) atoms. The molecule has 0 fully saturated rings. The molecule has 2 rings (SSSR count). The first-order valence-corrected chi connectivity index (χ1v) is 6.34. The first-order chi connectivity index (χ1) is 9.54. The highest BCUT2D eigenvalue weighted by atomic mass is 16.5. The molecule has 1 aromatic heterocycles. The largest absolute Gasteiger partial charge is 0.447 e. The normalized spacial score (nSPS) is 10.1. The van der Waals surface area contributed by atoms with E-state index in [0.717, 1.165) is 17.1 Å². The van der Waals surface area contributed by atoms with Crippen molar-refractivity contribution in [1.29, 1.82) is 5.26 Å². The Labute approximate surface area is 118 Å². The molecular formula is C16H16N2O2. The molecule has 0 spiro atoms. The van der Waals surface area contributed by atoms with E-state index >= 15 is 0 Å². The molecule has 4 nitrogen and oxygen atoms in total. The molecule has 0 N–H and O–H groups in total. The standard InChI is InChI=1S/C16H16N2O2/c1-11-4-6-14(7-5-11)18-12(2)10-15(13(18)3)16(19)20-9-8-17/h4-7,10H,9H2,1-3H3. The molecule has 0 saturated carbocycles. The van der Waals surface area contributed by atoms with Gasteiger partial charge in [0.05, 0.1) is 5.56 Å². The number of nitrogens with zero attached hydrogens (tertiary/aromatic N) is 2. The van der Waals surface area contributed by atoms with E-state index in [1.807, 2.05) is 49.6 Å². The second kappa shape index (κ2) is 5.62. The lowest BCUT2D eigenvalue weighted by atomic mass is 10.2. The maximum atomic E-state index is 11.9. The van der Waals surface area contributed by atoms with Gasteiger partial charge in [0, 0.05) is 17.1 Å². The van der Waals surface area contributed by atoms with Gasteiger partial charge in [0.25, 0.3) is 0 Å². The molecule has 0 amide bonds. The third kappa shape index (κ3) is 2.57. The van der Waals surface area contributed by atoms with Crippen LogP contribution in [0.3, 0.4) is 0 Å². The fourth-order valence-corrected chi connectivity index (χ4v) is 2.24. The Morgan fingerprint density at radius 1 is 1.25 bits per heavy atom. The topological polar surface area (TPSA) is 55.0 Å². The predicted octanol–water partition coefficient (Wildman–Crippen LogP) is 3.08. The zero-order valence-corrected chi connectivity index (χ0v) is 11.8. The van der Waals surface area contributed by atoms with Crippen molar-refractivity contribution in [3.63, 3.8) is 0 Å². The van der Waals surface area contributed by atoms with Gasteiger partial charge in [0.15, 0.2) is 6.61 Å². The van der Waals surface area contributed by atoms with Gasteiger partial charge in [-0.25, -0.2) is 4.79 Å². The van der Waals surface area contributed by atoms with Crippen molar-refractivity contribution in [3.05, 3.63) is 52.8 Å². The van der Waals surface area contributed by atoms with Gasteiger partial charge in [-0.05, 0) is 39.0 Å². The second-order valence-corrected chi connectivity index (χ2v) is 4.69. The average molecular weight is 268 g/mol. The number of nitriles is 1. The van der Waals surface area contributed by atoms with Crippen LogP contribution in [0.1, 0.15) is 27.3 Å². The monoisotopic (exact) mass is 268 g/mol. The van der Waals surface area contributed by atoms with E-state index in [0.29, 0.717) is 5.56 Å². The third-order valence-corrected chi connectivity index (χ3v) is 3.21. The van der Waals surface area contributed by atoms with E-state index in [2.05, 4.69) is 0 Å². The molecule has 0 bridgehead atoms. The molecule has 0 aliphatic rings. The van der Waals surface area contributed by atoms with Crippen LogP contribution in [0, 0.1) is 32.1 Å². The van der Waals surface area contributed by atoms with E-state index in [9.17, 15) is 4.79 Å². The van der Waals surface area contributed by atoms with Gasteiger partial charge in [-0.3, -0.25) is 0 Å². The second-order valence-electron chi connectivity index (χ2n) is 4.69. The minimum Gasteiger partial charge on any atom is -0.447 e. The van der Waals surface area contributed by atoms with Crippen LogP contribution >= 0.6 is 0 Å². The molecule has 1 aromatic carbocycles. The molecule has 0 unspecified atom stereocenters. The number of rotatable bonds is 3. The minimum atomic E-state index is -0.460. The van der Waals surface area contributed by atoms with Crippen LogP contribution in [0.2, 0.25) is 0 Å². The van der Waals surface area contributed by atoms with Gasteiger partial charge in [-0.2, -0.15) is 5.26 Å². The SMILES string of the molecule is Cc1ccc(-n2c(C)cc(C(=O)OCC#N)c2C)cc1. The molecule has 2 aromatic rings. The summed E-state index contributed by atoms with van der Waals surface area (Å²) in [5, 5.41) is 8.46. The van der Waals surface area contributed by atoms with Crippen LogP contribution in [0.15, 0.2) is 30.3 Å². The van der Waals surface area contributed by atoms with Crippen LogP contribution in [0.25, 0.3) is 5.69 Å². The first kappa shape index (κ1) is 13.9. The lowest BCUT2D eigenvalue weighted by Gasteiger charge is -2.10. The van der Waals surface area contributed by atoms with Crippen LogP contribution in [-0.2, 0) is 4.74 Å². The Morgan fingerprint density at radius 2 is 1.90 bits per heavy atom. The van der Waals surface area contributed by atoms with Gasteiger partial charge in [0.1, 0.15) is 6.07 Å². The molecule has 0 saturated heterocycles. The van der Waals surface area contributed by atoms with Gasteiger partial charge < -0.3 is 9.30 Å². The van der Waals surface area contributed by atoms with Crippen molar-refractivity contribution in [2.45, 2.75) is 20.8 Å². The fraction of sp³-hybridized carbons (Fsp3) is 0.250. The van der Waals surface area contributed by atoms with Crippen molar-refractivity contribution < 1.29 is 9.53 Å². The summed E-state index contributed by atoms with van der Waals surface area (Å²) < 4.78 is 6.87.